The minimum atomic E-state index is -0.943. The number of benzene rings is 1. The molecule has 0 unspecified atom stereocenters. The lowest BCUT2D eigenvalue weighted by atomic mass is 9.96. The van der Waals surface area contributed by atoms with E-state index >= 15 is 0 Å². The second-order valence-corrected chi connectivity index (χ2v) is 7.60. The molecule has 0 spiro atoms. The summed E-state index contributed by atoms with van der Waals surface area (Å²) in [6, 6.07) is 3.77. The van der Waals surface area contributed by atoms with Crippen molar-refractivity contribution >= 4 is 11.6 Å². The molecule has 144 valence electrons. The van der Waals surface area contributed by atoms with Crippen molar-refractivity contribution in [1.29, 1.82) is 0 Å². The van der Waals surface area contributed by atoms with Gasteiger partial charge in [-0.2, -0.15) is 0 Å². The van der Waals surface area contributed by atoms with E-state index in [0.717, 1.165) is 16.7 Å². The first kappa shape index (κ1) is 22.2. The van der Waals surface area contributed by atoms with Crippen molar-refractivity contribution in [3.05, 3.63) is 47.0 Å². The van der Waals surface area contributed by atoms with E-state index in [1.807, 2.05) is 39.8 Å². The van der Waals surface area contributed by atoms with Crippen LogP contribution in [0.4, 0.5) is 0 Å². The van der Waals surface area contributed by atoms with Gasteiger partial charge in [-0.15, -0.1) is 0 Å². The monoisotopic (exact) mass is 362 g/mol. The smallest absolute Gasteiger partial charge is 0.188 e. The lowest BCUT2D eigenvalue weighted by Crippen LogP contribution is -2.40. The second kappa shape index (κ2) is 8.71. The molecule has 0 heterocycles. The van der Waals surface area contributed by atoms with Crippen LogP contribution in [0.15, 0.2) is 24.8 Å². The molecule has 0 radical (unpaired) electrons. The van der Waals surface area contributed by atoms with E-state index in [4.69, 9.17) is 14.6 Å². The molecule has 1 aromatic carbocycles. The molecular weight excluding hydrogens is 332 g/mol. The maximum Gasteiger partial charge on any atom is 0.188 e. The van der Waals surface area contributed by atoms with E-state index in [-0.39, 0.29) is 18.2 Å². The first-order chi connectivity index (χ1) is 11.9. The molecule has 0 fully saturated rings. The van der Waals surface area contributed by atoms with Gasteiger partial charge in [0, 0.05) is 5.56 Å². The minimum absolute atomic E-state index is 0.177. The fourth-order valence-electron chi connectivity index (χ4n) is 2.65. The second-order valence-electron chi connectivity index (χ2n) is 7.60. The molecule has 0 aliphatic carbocycles. The summed E-state index contributed by atoms with van der Waals surface area (Å²) < 4.78 is 11.7. The molecule has 0 aliphatic rings. The van der Waals surface area contributed by atoms with Crippen molar-refractivity contribution in [1.82, 2.24) is 0 Å². The predicted octanol–water partition coefficient (Wildman–Crippen LogP) is 3.32. The SMILES string of the molecule is C=CC(=O)C(C)(C)OCC(C)(C)OCc1cc(C)c(C(=O)CO)c(C)c1. The van der Waals surface area contributed by atoms with Crippen LogP contribution in [0.3, 0.4) is 0 Å². The fraction of sp³-hybridized carbons (Fsp3) is 0.524. The molecular formula is C21H30O5. The number of rotatable bonds is 10. The van der Waals surface area contributed by atoms with E-state index in [9.17, 15) is 9.59 Å². The van der Waals surface area contributed by atoms with Crippen molar-refractivity contribution in [2.45, 2.75) is 59.4 Å². The molecule has 0 aliphatic heterocycles. The molecule has 0 saturated carbocycles. The third-order valence-electron chi connectivity index (χ3n) is 4.20. The largest absolute Gasteiger partial charge is 0.388 e. The van der Waals surface area contributed by atoms with E-state index in [1.54, 1.807) is 13.8 Å². The Morgan fingerprint density at radius 2 is 1.65 bits per heavy atom. The van der Waals surface area contributed by atoms with E-state index < -0.39 is 17.8 Å². The quantitative estimate of drug-likeness (QED) is 0.510. The van der Waals surface area contributed by atoms with Crippen molar-refractivity contribution in [3.8, 4) is 0 Å². The Hall–Kier alpha value is -1.82. The van der Waals surface area contributed by atoms with Crippen molar-refractivity contribution in [2.24, 2.45) is 0 Å². The molecule has 0 saturated heterocycles. The standard InChI is InChI=1S/C21H30O5/c1-8-18(24)21(6,7)26-13-20(4,5)25-12-16-9-14(2)19(15(3)10-16)17(23)11-22/h8-10,22H,1,11-13H2,2-7H3. The van der Waals surface area contributed by atoms with Gasteiger partial charge in [-0.1, -0.05) is 18.7 Å². The lowest BCUT2D eigenvalue weighted by molar-refractivity contribution is -0.150. The normalized spacial score (nSPS) is 12.1. The highest BCUT2D eigenvalue weighted by atomic mass is 16.6. The molecule has 26 heavy (non-hydrogen) atoms. The number of carbonyl (C=O) groups excluding carboxylic acids is 2. The number of Topliss-reactive ketones (excluding diaryl/α,β-unsaturated/α-hetero) is 1. The van der Waals surface area contributed by atoms with Gasteiger partial charge < -0.3 is 14.6 Å². The van der Waals surface area contributed by atoms with Crippen LogP contribution in [0.25, 0.3) is 0 Å². The molecule has 5 heteroatoms. The predicted molar refractivity (Wildman–Crippen MR) is 101 cm³/mol. The van der Waals surface area contributed by atoms with Crippen molar-refractivity contribution in [3.63, 3.8) is 0 Å². The maximum atomic E-state index is 11.8. The highest BCUT2D eigenvalue weighted by Crippen LogP contribution is 2.22. The van der Waals surface area contributed by atoms with Crippen LogP contribution < -0.4 is 0 Å². The third kappa shape index (κ3) is 5.87. The Morgan fingerprint density at radius 1 is 1.12 bits per heavy atom. The van der Waals surface area contributed by atoms with Crippen LogP contribution in [0, 0.1) is 13.8 Å². The number of aryl methyl sites for hydroxylation is 2. The van der Waals surface area contributed by atoms with Crippen LogP contribution in [-0.4, -0.2) is 41.1 Å². The van der Waals surface area contributed by atoms with Gasteiger partial charge in [-0.3, -0.25) is 9.59 Å². The zero-order valence-corrected chi connectivity index (χ0v) is 16.6. The molecule has 0 bridgehead atoms. The van der Waals surface area contributed by atoms with Gasteiger partial charge >= 0.3 is 0 Å². The number of carbonyl (C=O) groups is 2. The number of ketones is 2. The highest BCUT2D eigenvalue weighted by Gasteiger charge is 2.30. The molecule has 0 atom stereocenters. The van der Waals surface area contributed by atoms with Crippen LogP contribution in [-0.2, 0) is 20.9 Å². The van der Waals surface area contributed by atoms with Gasteiger partial charge in [0.1, 0.15) is 12.2 Å². The van der Waals surface area contributed by atoms with Crippen LogP contribution >= 0.6 is 0 Å². The molecule has 1 aromatic rings. The Kier molecular flexibility index (Phi) is 7.45. The number of hydrogen-bond donors (Lipinski definition) is 1. The van der Waals surface area contributed by atoms with E-state index in [2.05, 4.69) is 6.58 Å². The number of hydrogen-bond acceptors (Lipinski definition) is 5. The van der Waals surface area contributed by atoms with Crippen molar-refractivity contribution in [2.75, 3.05) is 13.2 Å². The maximum absolute atomic E-state index is 11.8. The zero-order valence-electron chi connectivity index (χ0n) is 16.6. The molecule has 1 N–H and O–H groups in total. The Morgan fingerprint density at radius 3 is 2.12 bits per heavy atom. The molecule has 5 nitrogen and oxygen atoms in total. The van der Waals surface area contributed by atoms with Gasteiger partial charge in [0.2, 0.25) is 0 Å². The summed E-state index contributed by atoms with van der Waals surface area (Å²) in [7, 11) is 0. The number of aliphatic hydroxyl groups excluding tert-OH is 1. The first-order valence-corrected chi connectivity index (χ1v) is 8.62. The summed E-state index contributed by atoms with van der Waals surface area (Å²) in [6.45, 7) is 14.5. The first-order valence-electron chi connectivity index (χ1n) is 8.62. The van der Waals surface area contributed by atoms with Crippen LogP contribution in [0.5, 0.6) is 0 Å². The highest BCUT2D eigenvalue weighted by molar-refractivity contribution is 5.99. The summed E-state index contributed by atoms with van der Waals surface area (Å²) in [6.07, 6.45) is 1.26. The Balaban J connectivity index is 2.77. The summed E-state index contributed by atoms with van der Waals surface area (Å²) in [4.78, 5) is 23.6. The molecule has 0 amide bonds. The fourth-order valence-corrected chi connectivity index (χ4v) is 2.65. The van der Waals surface area contributed by atoms with Gasteiger partial charge in [0.15, 0.2) is 11.6 Å². The Labute approximate surface area is 156 Å². The van der Waals surface area contributed by atoms with Crippen LogP contribution in [0.1, 0.15) is 54.7 Å². The van der Waals surface area contributed by atoms with E-state index in [1.165, 1.54) is 6.08 Å². The molecule has 1 rings (SSSR count). The zero-order chi connectivity index (χ0) is 20.1. The minimum Gasteiger partial charge on any atom is -0.388 e. The van der Waals surface area contributed by atoms with Crippen molar-refractivity contribution < 1.29 is 24.2 Å². The van der Waals surface area contributed by atoms with Gasteiger partial charge in [0.25, 0.3) is 0 Å². The summed E-state index contributed by atoms with van der Waals surface area (Å²) in [5.41, 5.74) is 1.58. The summed E-state index contributed by atoms with van der Waals surface area (Å²) >= 11 is 0. The Bertz CT molecular complexity index is 663. The number of ether oxygens (including phenoxy) is 2. The van der Waals surface area contributed by atoms with Crippen LogP contribution in [0.2, 0.25) is 0 Å². The van der Waals surface area contributed by atoms with Gasteiger partial charge in [-0.25, -0.2) is 0 Å². The van der Waals surface area contributed by atoms with Gasteiger partial charge in [0.05, 0.1) is 18.8 Å². The van der Waals surface area contributed by atoms with E-state index in [0.29, 0.717) is 12.2 Å². The summed E-state index contributed by atoms with van der Waals surface area (Å²) in [5, 5.41) is 9.08. The summed E-state index contributed by atoms with van der Waals surface area (Å²) in [5.74, 6) is -0.459. The average molecular weight is 362 g/mol. The average Bonchev–Trinajstić information content (AvgIpc) is 2.57. The topological polar surface area (TPSA) is 72.8 Å². The third-order valence-corrected chi connectivity index (χ3v) is 4.20. The molecule has 0 aromatic heterocycles. The van der Waals surface area contributed by atoms with Gasteiger partial charge in [-0.05, 0) is 64.3 Å². The lowest BCUT2D eigenvalue weighted by Gasteiger charge is -2.30. The number of aliphatic hydroxyl groups is 1.